The van der Waals surface area contributed by atoms with Crippen molar-refractivity contribution in [2.45, 2.75) is 13.0 Å². The second kappa shape index (κ2) is 5.90. The summed E-state index contributed by atoms with van der Waals surface area (Å²) in [6, 6.07) is 10.3. The topological polar surface area (TPSA) is 30.9 Å². The van der Waals surface area contributed by atoms with Crippen LogP contribution in [0.5, 0.6) is 0 Å². The van der Waals surface area contributed by atoms with Crippen molar-refractivity contribution in [2.75, 3.05) is 6.54 Å². The highest BCUT2D eigenvalue weighted by Crippen LogP contribution is 2.28. The first-order valence-electron chi connectivity index (χ1n) is 6.39. The Balaban J connectivity index is 2.06. The van der Waals surface area contributed by atoms with Crippen LogP contribution in [0.15, 0.2) is 40.3 Å². The summed E-state index contributed by atoms with van der Waals surface area (Å²) in [5.74, 6) is 0. The predicted octanol–water partition coefficient (Wildman–Crippen LogP) is 4.67. The molecule has 0 spiro atoms. The molecule has 0 saturated heterocycles. The van der Waals surface area contributed by atoms with Crippen molar-refractivity contribution in [3.05, 3.63) is 55.8 Å². The second-order valence-corrected chi connectivity index (χ2v) is 7.67. The molecule has 0 unspecified atom stereocenters. The van der Waals surface area contributed by atoms with Gasteiger partial charge in [-0.3, -0.25) is 0 Å². The molecule has 0 radical (unpaired) electrons. The Morgan fingerprint density at radius 1 is 1.25 bits per heavy atom. The van der Waals surface area contributed by atoms with Crippen LogP contribution in [-0.2, 0) is 13.0 Å². The maximum absolute atomic E-state index is 6.14. The third-order valence-electron chi connectivity index (χ3n) is 3.30. The molecule has 2 N–H and O–H groups in total. The van der Waals surface area contributed by atoms with Gasteiger partial charge in [0.05, 0.1) is 15.8 Å². The van der Waals surface area contributed by atoms with Gasteiger partial charge in [0.2, 0.25) is 0 Å². The number of hydrogen-bond donors (Lipinski definition) is 1. The molecule has 3 aromatic rings. The van der Waals surface area contributed by atoms with Crippen LogP contribution in [0.25, 0.3) is 10.9 Å². The molecule has 20 heavy (non-hydrogen) atoms. The molecule has 0 amide bonds. The molecule has 0 fully saturated rings. The average Bonchev–Trinajstić information content (AvgIpc) is 2.96. The molecule has 5 heteroatoms. The molecule has 0 aliphatic heterocycles. The second-order valence-electron chi connectivity index (χ2n) is 4.69. The lowest BCUT2D eigenvalue weighted by atomic mass is 10.1. The minimum absolute atomic E-state index is 0.659. The first-order valence-corrected chi connectivity index (χ1v) is 8.37. The Kier molecular flexibility index (Phi) is 4.17. The van der Waals surface area contributed by atoms with E-state index in [0.717, 1.165) is 21.8 Å². The van der Waals surface area contributed by atoms with Gasteiger partial charge in [-0.05, 0) is 58.7 Å². The summed E-state index contributed by atoms with van der Waals surface area (Å²) >= 11 is 11.4. The number of fused-ring (bicyclic) bond motifs is 1. The van der Waals surface area contributed by atoms with Gasteiger partial charge in [-0.2, -0.15) is 0 Å². The molecular formula is C15H14BrClN2S. The first kappa shape index (κ1) is 14.1. The molecule has 0 saturated carbocycles. The Hall–Kier alpha value is -0.810. The molecule has 0 bridgehead atoms. The summed E-state index contributed by atoms with van der Waals surface area (Å²) in [6.45, 7) is 1.52. The monoisotopic (exact) mass is 368 g/mol. The molecule has 2 heterocycles. The SMILES string of the molecule is NCCc1cn(Cc2ccc(Br)s2)c2cc(Cl)ccc12. The molecule has 104 valence electrons. The van der Waals surface area contributed by atoms with Crippen LogP contribution >= 0.6 is 38.9 Å². The van der Waals surface area contributed by atoms with Crippen LogP contribution < -0.4 is 5.73 Å². The third-order valence-corrected chi connectivity index (χ3v) is 5.14. The minimum atomic E-state index is 0.659. The van der Waals surface area contributed by atoms with E-state index in [-0.39, 0.29) is 0 Å². The van der Waals surface area contributed by atoms with E-state index in [4.69, 9.17) is 17.3 Å². The highest BCUT2D eigenvalue weighted by molar-refractivity contribution is 9.11. The minimum Gasteiger partial charge on any atom is -0.342 e. The molecule has 2 nitrogen and oxygen atoms in total. The Morgan fingerprint density at radius 3 is 2.80 bits per heavy atom. The van der Waals surface area contributed by atoms with Crippen molar-refractivity contribution in [1.29, 1.82) is 0 Å². The van der Waals surface area contributed by atoms with Gasteiger partial charge < -0.3 is 10.3 Å². The number of halogens is 2. The Morgan fingerprint density at radius 2 is 2.10 bits per heavy atom. The van der Waals surface area contributed by atoms with E-state index in [1.807, 2.05) is 12.1 Å². The summed E-state index contributed by atoms with van der Waals surface area (Å²) in [7, 11) is 0. The molecule has 0 aliphatic carbocycles. The fourth-order valence-corrected chi connectivity index (χ4v) is 4.08. The quantitative estimate of drug-likeness (QED) is 0.712. The van der Waals surface area contributed by atoms with Crippen LogP contribution in [0, 0.1) is 0 Å². The van der Waals surface area contributed by atoms with Crippen molar-refractivity contribution in [3.8, 4) is 0 Å². The zero-order valence-electron chi connectivity index (χ0n) is 10.8. The van der Waals surface area contributed by atoms with Gasteiger partial charge in [-0.1, -0.05) is 17.7 Å². The number of aromatic nitrogens is 1. The summed E-state index contributed by atoms with van der Waals surface area (Å²) in [5, 5.41) is 2.01. The van der Waals surface area contributed by atoms with E-state index < -0.39 is 0 Å². The summed E-state index contributed by atoms with van der Waals surface area (Å²) in [6.07, 6.45) is 3.08. The highest BCUT2D eigenvalue weighted by atomic mass is 79.9. The van der Waals surface area contributed by atoms with Gasteiger partial charge in [0.25, 0.3) is 0 Å². The summed E-state index contributed by atoms with van der Waals surface area (Å²) in [4.78, 5) is 1.31. The van der Waals surface area contributed by atoms with Crippen molar-refractivity contribution < 1.29 is 0 Å². The van der Waals surface area contributed by atoms with Crippen molar-refractivity contribution in [1.82, 2.24) is 4.57 Å². The Bertz CT molecular complexity index is 747. The van der Waals surface area contributed by atoms with E-state index in [1.54, 1.807) is 11.3 Å². The van der Waals surface area contributed by atoms with Gasteiger partial charge in [0, 0.05) is 21.5 Å². The normalized spacial score (nSPS) is 11.3. The van der Waals surface area contributed by atoms with Crippen LogP contribution in [0.1, 0.15) is 10.4 Å². The lowest BCUT2D eigenvalue weighted by Crippen LogP contribution is -2.02. The van der Waals surface area contributed by atoms with E-state index in [9.17, 15) is 0 Å². The van der Waals surface area contributed by atoms with Gasteiger partial charge in [0.1, 0.15) is 0 Å². The van der Waals surface area contributed by atoms with Gasteiger partial charge >= 0.3 is 0 Å². The third kappa shape index (κ3) is 2.79. The zero-order chi connectivity index (χ0) is 14.1. The average molecular weight is 370 g/mol. The summed E-state index contributed by atoms with van der Waals surface area (Å²) < 4.78 is 3.41. The lowest BCUT2D eigenvalue weighted by Gasteiger charge is -2.03. The maximum atomic E-state index is 6.14. The van der Waals surface area contributed by atoms with Crippen molar-refractivity contribution >= 4 is 49.8 Å². The molecule has 3 rings (SSSR count). The number of nitrogens with zero attached hydrogens (tertiary/aromatic N) is 1. The van der Waals surface area contributed by atoms with Crippen LogP contribution in [-0.4, -0.2) is 11.1 Å². The van der Waals surface area contributed by atoms with E-state index >= 15 is 0 Å². The molecule has 0 aliphatic rings. The van der Waals surface area contributed by atoms with E-state index in [2.05, 4.69) is 44.9 Å². The predicted molar refractivity (Wildman–Crippen MR) is 90.8 cm³/mol. The van der Waals surface area contributed by atoms with Crippen molar-refractivity contribution in [3.63, 3.8) is 0 Å². The highest BCUT2D eigenvalue weighted by Gasteiger charge is 2.10. The van der Waals surface area contributed by atoms with Crippen molar-refractivity contribution in [2.24, 2.45) is 5.73 Å². The van der Waals surface area contributed by atoms with Crippen LogP contribution in [0.2, 0.25) is 5.02 Å². The van der Waals surface area contributed by atoms with Gasteiger partial charge in [-0.25, -0.2) is 0 Å². The smallest absolute Gasteiger partial charge is 0.0702 e. The fourth-order valence-electron chi connectivity index (χ4n) is 2.43. The maximum Gasteiger partial charge on any atom is 0.0702 e. The number of rotatable bonds is 4. The molecular weight excluding hydrogens is 356 g/mol. The molecule has 2 aromatic heterocycles. The lowest BCUT2D eigenvalue weighted by molar-refractivity contribution is 0.840. The largest absolute Gasteiger partial charge is 0.342 e. The number of benzene rings is 1. The number of hydrogen-bond acceptors (Lipinski definition) is 2. The standard InChI is InChI=1S/C15H14BrClN2S/c16-15-4-2-12(20-15)9-19-8-10(5-6-18)13-3-1-11(17)7-14(13)19/h1-4,7-8H,5-6,9,18H2. The zero-order valence-corrected chi connectivity index (χ0v) is 13.9. The molecule has 0 atom stereocenters. The van der Waals surface area contributed by atoms with E-state index in [1.165, 1.54) is 21.3 Å². The van der Waals surface area contributed by atoms with Gasteiger partial charge in [-0.15, -0.1) is 11.3 Å². The first-order chi connectivity index (χ1) is 9.67. The number of thiophene rings is 1. The van der Waals surface area contributed by atoms with Crippen LogP contribution in [0.3, 0.4) is 0 Å². The fraction of sp³-hybridized carbons (Fsp3) is 0.200. The van der Waals surface area contributed by atoms with Gasteiger partial charge in [0.15, 0.2) is 0 Å². The van der Waals surface area contributed by atoms with E-state index in [0.29, 0.717) is 6.54 Å². The van der Waals surface area contributed by atoms with Crippen LogP contribution in [0.4, 0.5) is 0 Å². The molecule has 1 aromatic carbocycles. The summed E-state index contributed by atoms with van der Waals surface area (Å²) in [5.41, 5.74) is 8.17. The number of nitrogens with two attached hydrogens (primary N) is 1. The Labute approximate surface area is 135 Å².